The fourth-order valence-electron chi connectivity index (χ4n) is 3.22. The number of ether oxygens (including phenoxy) is 1. The molecule has 6 nitrogen and oxygen atoms in total. The standard InChI is InChI=1S/C19H22N4O2S/c24-16(17-7-4-10-26-17)12-22(11-15-5-2-1-3-6-15)13-18-20-21-19-14-25-9-8-23(18)19/h1-7,10,16,24H,8-9,11-14H2. The van der Waals surface area contributed by atoms with Crippen LogP contribution in [0.5, 0.6) is 0 Å². The number of nitrogens with zero attached hydrogens (tertiary/aromatic N) is 4. The lowest BCUT2D eigenvalue weighted by molar-refractivity contribution is 0.0770. The summed E-state index contributed by atoms with van der Waals surface area (Å²) in [6.07, 6.45) is -0.509. The van der Waals surface area contributed by atoms with E-state index in [4.69, 9.17) is 4.74 Å². The molecule has 0 amide bonds. The molecule has 1 aromatic carbocycles. The molecule has 0 spiro atoms. The third-order valence-corrected chi connectivity index (χ3v) is 5.48. The van der Waals surface area contributed by atoms with E-state index in [-0.39, 0.29) is 0 Å². The highest BCUT2D eigenvalue weighted by atomic mass is 32.1. The van der Waals surface area contributed by atoms with E-state index < -0.39 is 6.10 Å². The second-order valence-electron chi connectivity index (χ2n) is 6.42. The quantitative estimate of drug-likeness (QED) is 0.693. The maximum atomic E-state index is 10.6. The average molecular weight is 370 g/mol. The number of benzene rings is 1. The molecule has 0 fully saturated rings. The van der Waals surface area contributed by atoms with Crippen LogP contribution in [0.15, 0.2) is 47.8 Å². The van der Waals surface area contributed by atoms with Gasteiger partial charge in [-0.3, -0.25) is 4.90 Å². The number of rotatable bonds is 7. The van der Waals surface area contributed by atoms with Crippen molar-refractivity contribution in [3.8, 4) is 0 Å². The van der Waals surface area contributed by atoms with Crippen LogP contribution in [0.2, 0.25) is 0 Å². The highest BCUT2D eigenvalue weighted by Crippen LogP contribution is 2.22. The number of fused-ring (bicyclic) bond motifs is 1. The smallest absolute Gasteiger partial charge is 0.159 e. The second-order valence-corrected chi connectivity index (χ2v) is 7.40. The molecule has 3 heterocycles. The van der Waals surface area contributed by atoms with E-state index in [2.05, 4.69) is 31.8 Å². The van der Waals surface area contributed by atoms with Crippen LogP contribution >= 0.6 is 11.3 Å². The van der Waals surface area contributed by atoms with Crippen LogP contribution in [0.3, 0.4) is 0 Å². The van der Waals surface area contributed by atoms with E-state index in [1.165, 1.54) is 5.56 Å². The molecule has 3 aromatic rings. The Morgan fingerprint density at radius 2 is 2.04 bits per heavy atom. The number of aliphatic hydroxyl groups excluding tert-OH is 1. The Bertz CT molecular complexity index is 819. The zero-order valence-corrected chi connectivity index (χ0v) is 15.3. The SMILES string of the molecule is OC(CN(Cc1ccccc1)Cc1nnc2n1CCOC2)c1cccs1. The zero-order valence-electron chi connectivity index (χ0n) is 14.5. The van der Waals surface area contributed by atoms with Gasteiger partial charge in [0.25, 0.3) is 0 Å². The summed E-state index contributed by atoms with van der Waals surface area (Å²) in [5.74, 6) is 1.81. The first-order chi connectivity index (χ1) is 12.8. The van der Waals surface area contributed by atoms with E-state index >= 15 is 0 Å². The van der Waals surface area contributed by atoms with Crippen molar-refractivity contribution in [3.05, 3.63) is 69.9 Å². The predicted molar refractivity (Wildman–Crippen MR) is 99.5 cm³/mol. The summed E-state index contributed by atoms with van der Waals surface area (Å²) < 4.78 is 7.59. The maximum absolute atomic E-state index is 10.6. The molecule has 0 saturated heterocycles. The van der Waals surface area contributed by atoms with Crippen LogP contribution in [0.4, 0.5) is 0 Å². The third kappa shape index (κ3) is 4.02. The average Bonchev–Trinajstić information content (AvgIpc) is 3.33. The summed E-state index contributed by atoms with van der Waals surface area (Å²) in [6, 6.07) is 14.3. The van der Waals surface area contributed by atoms with Crippen molar-refractivity contribution in [2.24, 2.45) is 0 Å². The minimum atomic E-state index is -0.509. The van der Waals surface area contributed by atoms with Crippen molar-refractivity contribution in [1.29, 1.82) is 0 Å². The number of thiophene rings is 1. The summed E-state index contributed by atoms with van der Waals surface area (Å²) in [6.45, 7) is 3.93. The van der Waals surface area contributed by atoms with Crippen molar-refractivity contribution in [1.82, 2.24) is 19.7 Å². The van der Waals surface area contributed by atoms with Crippen LogP contribution in [0.25, 0.3) is 0 Å². The minimum Gasteiger partial charge on any atom is -0.386 e. The van der Waals surface area contributed by atoms with Crippen LogP contribution in [0, 0.1) is 0 Å². The van der Waals surface area contributed by atoms with Gasteiger partial charge in [-0.1, -0.05) is 36.4 Å². The van der Waals surface area contributed by atoms with E-state index in [9.17, 15) is 5.11 Å². The molecule has 1 N–H and O–H groups in total. The summed E-state index contributed by atoms with van der Waals surface area (Å²) in [5.41, 5.74) is 1.22. The van der Waals surface area contributed by atoms with E-state index in [0.29, 0.717) is 26.3 Å². The molecule has 0 aliphatic carbocycles. The number of aliphatic hydroxyl groups is 1. The van der Waals surface area contributed by atoms with Gasteiger partial charge in [0, 0.05) is 24.5 Å². The van der Waals surface area contributed by atoms with Gasteiger partial charge in [0.2, 0.25) is 0 Å². The van der Waals surface area contributed by atoms with Crippen molar-refractivity contribution in [2.45, 2.75) is 32.3 Å². The Labute approximate surface area is 156 Å². The molecule has 1 aliphatic rings. The fraction of sp³-hybridized carbons (Fsp3) is 0.368. The van der Waals surface area contributed by atoms with Gasteiger partial charge in [0.15, 0.2) is 5.82 Å². The monoisotopic (exact) mass is 370 g/mol. The van der Waals surface area contributed by atoms with Gasteiger partial charge >= 0.3 is 0 Å². The predicted octanol–water partition coefficient (Wildman–Crippen LogP) is 2.61. The summed E-state index contributed by atoms with van der Waals surface area (Å²) in [5, 5.41) is 21.2. The molecule has 7 heteroatoms. The molecular weight excluding hydrogens is 348 g/mol. The highest BCUT2D eigenvalue weighted by Gasteiger charge is 2.21. The first-order valence-corrected chi connectivity index (χ1v) is 9.64. The molecule has 0 saturated carbocycles. The van der Waals surface area contributed by atoms with Gasteiger partial charge in [-0.2, -0.15) is 0 Å². The lowest BCUT2D eigenvalue weighted by Gasteiger charge is -2.25. The lowest BCUT2D eigenvalue weighted by Crippen LogP contribution is -2.30. The molecule has 136 valence electrons. The fourth-order valence-corrected chi connectivity index (χ4v) is 3.92. The molecule has 1 aliphatic heterocycles. The molecular formula is C19H22N4O2S. The minimum absolute atomic E-state index is 0.509. The second kappa shape index (κ2) is 8.09. The topological polar surface area (TPSA) is 63.4 Å². The highest BCUT2D eigenvalue weighted by molar-refractivity contribution is 7.10. The number of hydrogen-bond donors (Lipinski definition) is 1. The summed E-state index contributed by atoms with van der Waals surface area (Å²) >= 11 is 1.58. The number of hydrogen-bond acceptors (Lipinski definition) is 6. The van der Waals surface area contributed by atoms with Crippen LogP contribution in [0.1, 0.15) is 28.2 Å². The van der Waals surface area contributed by atoms with Crippen LogP contribution < -0.4 is 0 Å². The third-order valence-electron chi connectivity index (χ3n) is 4.51. The first kappa shape index (κ1) is 17.4. The lowest BCUT2D eigenvalue weighted by atomic mass is 10.2. The van der Waals surface area contributed by atoms with E-state index in [1.807, 2.05) is 35.7 Å². The van der Waals surface area contributed by atoms with Crippen LogP contribution in [-0.4, -0.2) is 37.9 Å². The van der Waals surface area contributed by atoms with Gasteiger partial charge in [0.1, 0.15) is 18.5 Å². The molecule has 26 heavy (non-hydrogen) atoms. The van der Waals surface area contributed by atoms with Gasteiger partial charge < -0.3 is 14.4 Å². The molecule has 2 aromatic heterocycles. The van der Waals surface area contributed by atoms with Crippen molar-refractivity contribution >= 4 is 11.3 Å². The maximum Gasteiger partial charge on any atom is 0.159 e. The van der Waals surface area contributed by atoms with Gasteiger partial charge in [-0.25, -0.2) is 0 Å². The van der Waals surface area contributed by atoms with Crippen molar-refractivity contribution in [3.63, 3.8) is 0 Å². The van der Waals surface area contributed by atoms with Crippen molar-refractivity contribution in [2.75, 3.05) is 13.2 Å². The molecule has 1 unspecified atom stereocenters. The normalized spacial score (nSPS) is 15.2. The van der Waals surface area contributed by atoms with Gasteiger partial charge in [-0.05, 0) is 17.0 Å². The Balaban J connectivity index is 1.52. The van der Waals surface area contributed by atoms with Crippen LogP contribution in [-0.2, 0) is 31.0 Å². The molecule has 0 radical (unpaired) electrons. The molecule has 0 bridgehead atoms. The van der Waals surface area contributed by atoms with E-state index in [0.717, 1.165) is 29.6 Å². The number of aromatic nitrogens is 3. The molecule has 4 rings (SSSR count). The Kier molecular flexibility index (Phi) is 5.40. The summed E-state index contributed by atoms with van der Waals surface area (Å²) in [7, 11) is 0. The van der Waals surface area contributed by atoms with Gasteiger partial charge in [0.05, 0.1) is 13.2 Å². The largest absolute Gasteiger partial charge is 0.386 e. The Morgan fingerprint density at radius 3 is 2.85 bits per heavy atom. The molecule has 1 atom stereocenters. The Morgan fingerprint density at radius 1 is 1.15 bits per heavy atom. The Hall–Kier alpha value is -2.06. The van der Waals surface area contributed by atoms with Gasteiger partial charge in [-0.15, -0.1) is 21.5 Å². The van der Waals surface area contributed by atoms with E-state index in [1.54, 1.807) is 11.3 Å². The van der Waals surface area contributed by atoms with Crippen molar-refractivity contribution < 1.29 is 9.84 Å². The zero-order chi connectivity index (χ0) is 17.8. The summed E-state index contributed by atoms with van der Waals surface area (Å²) in [4.78, 5) is 3.21. The first-order valence-electron chi connectivity index (χ1n) is 8.76.